The highest BCUT2D eigenvalue weighted by atomic mass is 16.2. The first kappa shape index (κ1) is 13.3. The molecule has 1 unspecified atom stereocenters. The summed E-state index contributed by atoms with van der Waals surface area (Å²) in [5.41, 5.74) is -1.21. The third-order valence-corrected chi connectivity index (χ3v) is 4.92. The Morgan fingerprint density at radius 1 is 1.05 bits per heavy atom. The summed E-state index contributed by atoms with van der Waals surface area (Å²) in [7, 11) is 0. The molecule has 1 aliphatic carbocycles. The molecule has 1 saturated carbocycles. The predicted molar refractivity (Wildman–Crippen MR) is 68.1 cm³/mol. The van der Waals surface area contributed by atoms with Gasteiger partial charge in [-0.15, -0.1) is 0 Å². The van der Waals surface area contributed by atoms with E-state index < -0.39 is 11.4 Å². The molecule has 0 radical (unpaired) electrons. The molecule has 2 saturated heterocycles. The highest BCUT2D eigenvalue weighted by molar-refractivity contribution is 6.12. The molecule has 3 fully saturated rings. The first-order valence-corrected chi connectivity index (χ1v) is 7.17. The van der Waals surface area contributed by atoms with Gasteiger partial charge in [0.25, 0.3) is 5.91 Å². The number of carbonyl (C=O) groups excluding carboxylic acids is 4. The van der Waals surface area contributed by atoms with Crippen molar-refractivity contribution in [2.75, 3.05) is 0 Å². The molecule has 0 aromatic heterocycles. The van der Waals surface area contributed by atoms with Crippen molar-refractivity contribution in [1.29, 1.82) is 0 Å². The topological polar surface area (TPSA) is 83.6 Å². The van der Waals surface area contributed by atoms with Gasteiger partial charge in [-0.2, -0.15) is 0 Å². The molecule has 108 valence electrons. The van der Waals surface area contributed by atoms with E-state index in [9.17, 15) is 19.2 Å². The first-order chi connectivity index (χ1) is 9.45. The molecule has 2 heterocycles. The van der Waals surface area contributed by atoms with Crippen LogP contribution in [0, 0.1) is 11.8 Å². The Bertz CT molecular complexity index is 491. The maximum Gasteiger partial charge on any atom is 0.252 e. The average Bonchev–Trinajstić information content (AvgIpc) is 2.68. The number of nitrogens with zero attached hydrogens (tertiary/aromatic N) is 1. The summed E-state index contributed by atoms with van der Waals surface area (Å²) in [5, 5.41) is 2.25. The number of amides is 4. The van der Waals surface area contributed by atoms with E-state index in [4.69, 9.17) is 0 Å². The number of hydrogen-bond donors (Lipinski definition) is 1. The van der Waals surface area contributed by atoms with Crippen molar-refractivity contribution >= 4 is 23.6 Å². The first-order valence-electron chi connectivity index (χ1n) is 7.17. The summed E-state index contributed by atoms with van der Waals surface area (Å²) in [6.45, 7) is 1.59. The molecule has 0 aromatic rings. The Balaban J connectivity index is 1.93. The van der Waals surface area contributed by atoms with E-state index in [1.807, 2.05) is 0 Å². The molecule has 3 aliphatic rings. The number of fused-ring (bicyclic) bond motifs is 1. The summed E-state index contributed by atoms with van der Waals surface area (Å²) in [6.07, 6.45) is 3.73. The van der Waals surface area contributed by atoms with E-state index in [1.165, 1.54) is 0 Å². The number of hydrogen-bond acceptors (Lipinski definition) is 4. The van der Waals surface area contributed by atoms with E-state index in [0.717, 1.165) is 30.6 Å². The van der Waals surface area contributed by atoms with Gasteiger partial charge in [0, 0.05) is 6.42 Å². The fraction of sp³-hybridized carbons (Fsp3) is 0.714. The van der Waals surface area contributed by atoms with E-state index in [0.29, 0.717) is 0 Å². The monoisotopic (exact) mass is 278 g/mol. The number of imide groups is 2. The van der Waals surface area contributed by atoms with Gasteiger partial charge in [0.05, 0.1) is 11.8 Å². The fourth-order valence-corrected chi connectivity index (χ4v) is 3.66. The smallest absolute Gasteiger partial charge is 0.252 e. The normalized spacial score (nSPS) is 38.0. The van der Waals surface area contributed by atoms with Crippen molar-refractivity contribution in [1.82, 2.24) is 10.2 Å². The zero-order valence-electron chi connectivity index (χ0n) is 11.5. The molecule has 0 spiro atoms. The van der Waals surface area contributed by atoms with E-state index in [1.54, 1.807) is 6.92 Å². The van der Waals surface area contributed by atoms with Crippen LogP contribution in [0.4, 0.5) is 0 Å². The molecular weight excluding hydrogens is 260 g/mol. The number of piperidine rings is 1. The van der Waals surface area contributed by atoms with Crippen LogP contribution in [0.25, 0.3) is 0 Å². The molecule has 2 aliphatic heterocycles. The molecule has 0 bridgehead atoms. The van der Waals surface area contributed by atoms with Gasteiger partial charge in [0.15, 0.2) is 0 Å². The molecule has 6 nitrogen and oxygen atoms in total. The summed E-state index contributed by atoms with van der Waals surface area (Å²) in [4.78, 5) is 49.6. The van der Waals surface area contributed by atoms with Crippen LogP contribution in [0.15, 0.2) is 0 Å². The van der Waals surface area contributed by atoms with Crippen LogP contribution in [-0.2, 0) is 19.2 Å². The Labute approximate surface area is 116 Å². The van der Waals surface area contributed by atoms with Crippen LogP contribution in [-0.4, -0.2) is 34.1 Å². The summed E-state index contributed by atoms with van der Waals surface area (Å²) in [6, 6.07) is 0. The van der Waals surface area contributed by atoms with Gasteiger partial charge in [-0.1, -0.05) is 12.8 Å². The lowest BCUT2D eigenvalue weighted by atomic mass is 9.81. The van der Waals surface area contributed by atoms with Crippen LogP contribution in [0.5, 0.6) is 0 Å². The van der Waals surface area contributed by atoms with Gasteiger partial charge in [-0.25, -0.2) is 0 Å². The van der Waals surface area contributed by atoms with Crippen molar-refractivity contribution in [3.05, 3.63) is 0 Å². The Morgan fingerprint density at radius 2 is 1.60 bits per heavy atom. The largest absolute Gasteiger partial charge is 0.294 e. The highest BCUT2D eigenvalue weighted by Crippen LogP contribution is 2.42. The van der Waals surface area contributed by atoms with Crippen LogP contribution in [0.3, 0.4) is 0 Å². The highest BCUT2D eigenvalue weighted by Gasteiger charge is 2.57. The van der Waals surface area contributed by atoms with Gasteiger partial charge in [0.2, 0.25) is 17.7 Å². The van der Waals surface area contributed by atoms with Gasteiger partial charge in [-0.3, -0.25) is 29.4 Å². The quantitative estimate of drug-likeness (QED) is 0.702. The zero-order valence-corrected chi connectivity index (χ0v) is 11.5. The van der Waals surface area contributed by atoms with Gasteiger partial charge in [-0.05, 0) is 26.2 Å². The molecule has 0 aromatic carbocycles. The van der Waals surface area contributed by atoms with E-state index in [-0.39, 0.29) is 42.4 Å². The minimum Gasteiger partial charge on any atom is -0.294 e. The Hall–Kier alpha value is -1.72. The van der Waals surface area contributed by atoms with Crippen molar-refractivity contribution in [3.63, 3.8) is 0 Å². The van der Waals surface area contributed by atoms with Crippen LogP contribution < -0.4 is 5.32 Å². The van der Waals surface area contributed by atoms with E-state index in [2.05, 4.69) is 5.32 Å². The van der Waals surface area contributed by atoms with Crippen LogP contribution in [0.2, 0.25) is 0 Å². The second kappa shape index (κ2) is 4.40. The number of likely N-dealkylation sites (tertiary alicyclic amines) is 1. The minimum absolute atomic E-state index is 0.161. The lowest BCUT2D eigenvalue weighted by Gasteiger charge is -2.38. The molecule has 4 amide bonds. The third-order valence-electron chi connectivity index (χ3n) is 4.92. The van der Waals surface area contributed by atoms with Gasteiger partial charge in [0.1, 0.15) is 5.54 Å². The lowest BCUT2D eigenvalue weighted by molar-refractivity contribution is -0.158. The number of nitrogens with one attached hydrogen (secondary N) is 1. The Morgan fingerprint density at radius 3 is 2.10 bits per heavy atom. The lowest BCUT2D eigenvalue weighted by Crippen LogP contribution is -2.63. The summed E-state index contributed by atoms with van der Waals surface area (Å²) >= 11 is 0. The maximum atomic E-state index is 12.5. The predicted octanol–water partition coefficient (Wildman–Crippen LogP) is 0.357. The summed E-state index contributed by atoms with van der Waals surface area (Å²) in [5.74, 6) is -1.87. The zero-order chi connectivity index (χ0) is 14.5. The molecule has 3 rings (SSSR count). The van der Waals surface area contributed by atoms with Crippen molar-refractivity contribution in [2.45, 2.75) is 51.0 Å². The van der Waals surface area contributed by atoms with Gasteiger partial charge < -0.3 is 0 Å². The minimum atomic E-state index is -1.21. The van der Waals surface area contributed by atoms with Crippen LogP contribution in [0.1, 0.15) is 45.4 Å². The second-order valence-corrected chi connectivity index (χ2v) is 6.16. The van der Waals surface area contributed by atoms with Crippen LogP contribution >= 0.6 is 0 Å². The third kappa shape index (κ3) is 1.70. The second-order valence-electron chi connectivity index (χ2n) is 6.16. The average molecular weight is 278 g/mol. The molecule has 6 heteroatoms. The molecule has 20 heavy (non-hydrogen) atoms. The SMILES string of the molecule is CC1(N2C(=O)[C@H]3CCCC[C@H]3C2=O)CCC(=O)NC1=O. The van der Waals surface area contributed by atoms with Crippen molar-refractivity contribution in [3.8, 4) is 0 Å². The Kier molecular flexibility index (Phi) is 2.92. The molecule has 1 N–H and O–H groups in total. The van der Waals surface area contributed by atoms with Crippen molar-refractivity contribution in [2.24, 2.45) is 11.8 Å². The van der Waals surface area contributed by atoms with Crippen molar-refractivity contribution < 1.29 is 19.2 Å². The fourth-order valence-electron chi connectivity index (χ4n) is 3.66. The maximum absolute atomic E-state index is 12.5. The number of carbonyl (C=O) groups is 4. The summed E-state index contributed by atoms with van der Waals surface area (Å²) < 4.78 is 0. The van der Waals surface area contributed by atoms with Gasteiger partial charge >= 0.3 is 0 Å². The molecule has 3 atom stereocenters. The standard InChI is InChI=1S/C14H18N2O4/c1-14(7-6-10(17)15-13(14)20)16-11(18)8-4-2-3-5-9(8)12(16)19/h8-9H,2-7H2,1H3,(H,15,17,20)/t8-,9+,14?. The van der Waals surface area contributed by atoms with E-state index >= 15 is 0 Å². The molecular formula is C14H18N2O4. The number of rotatable bonds is 1.